The molecule has 0 spiro atoms. The fourth-order valence-electron chi connectivity index (χ4n) is 3.57. The molecular weight excluding hydrogens is 429 g/mol. The number of halogens is 2. The van der Waals surface area contributed by atoms with Gasteiger partial charge in [-0.2, -0.15) is 9.49 Å². The Morgan fingerprint density at radius 1 is 1.41 bits per heavy atom. The quantitative estimate of drug-likeness (QED) is 0.322. The molecule has 0 saturated heterocycles. The highest BCUT2D eigenvalue weighted by Gasteiger charge is 2.30. The van der Waals surface area contributed by atoms with Crippen molar-refractivity contribution in [2.45, 2.75) is 34.1 Å². The van der Waals surface area contributed by atoms with Crippen LogP contribution in [-0.4, -0.2) is 28.3 Å². The molecule has 0 aliphatic carbocycles. The average molecular weight is 456 g/mol. The van der Waals surface area contributed by atoms with E-state index in [1.165, 1.54) is 6.20 Å². The smallest absolute Gasteiger partial charge is 0.217 e. The second kappa shape index (κ2) is 10.1. The molecule has 1 atom stereocenters. The van der Waals surface area contributed by atoms with E-state index < -0.39 is 5.95 Å². The highest BCUT2D eigenvalue weighted by Crippen LogP contribution is 2.33. The van der Waals surface area contributed by atoms with Gasteiger partial charge in [0.25, 0.3) is 0 Å². The average Bonchev–Trinajstić information content (AvgIpc) is 3.20. The van der Waals surface area contributed by atoms with Crippen molar-refractivity contribution >= 4 is 23.1 Å². The van der Waals surface area contributed by atoms with E-state index in [4.69, 9.17) is 16.3 Å². The Bertz CT molecular complexity index is 1130. The number of rotatable bonds is 7. The summed E-state index contributed by atoms with van der Waals surface area (Å²) >= 11 is 6.12. The predicted octanol–water partition coefficient (Wildman–Crippen LogP) is 5.87. The Kier molecular flexibility index (Phi) is 7.46. The molecule has 0 amide bonds. The van der Waals surface area contributed by atoms with Crippen LogP contribution in [0, 0.1) is 17.8 Å². The molecule has 0 bridgehead atoms. The van der Waals surface area contributed by atoms with Gasteiger partial charge in [0.05, 0.1) is 30.0 Å². The fourth-order valence-corrected chi connectivity index (χ4v) is 3.77. The molecule has 0 fully saturated rings. The van der Waals surface area contributed by atoms with E-state index in [9.17, 15) is 9.18 Å². The SMILES string of the molecule is C=C(C(=C\N=C(C)c1cn[nH]c1F)/C(=C\C)C(=O)C1COc2ccc(Cl)cc2C1)C(C)C. The van der Waals surface area contributed by atoms with Crippen LogP contribution in [0.1, 0.15) is 38.8 Å². The first kappa shape index (κ1) is 23.7. The van der Waals surface area contributed by atoms with Crippen LogP contribution >= 0.6 is 11.6 Å². The van der Waals surface area contributed by atoms with E-state index in [0.29, 0.717) is 28.3 Å². The van der Waals surface area contributed by atoms with E-state index in [2.05, 4.69) is 21.8 Å². The van der Waals surface area contributed by atoms with E-state index in [1.54, 1.807) is 25.3 Å². The van der Waals surface area contributed by atoms with Gasteiger partial charge in [-0.15, -0.1) is 0 Å². The normalized spacial score (nSPS) is 17.2. The molecular formula is C25H27ClFN3O2. The molecule has 2 heterocycles. The number of aliphatic imine (C=N–C) groups is 1. The summed E-state index contributed by atoms with van der Waals surface area (Å²) in [5.74, 6) is -0.110. The minimum Gasteiger partial charge on any atom is -0.493 e. The van der Waals surface area contributed by atoms with Crippen LogP contribution < -0.4 is 4.74 Å². The maximum absolute atomic E-state index is 13.8. The van der Waals surface area contributed by atoms with Gasteiger partial charge >= 0.3 is 0 Å². The van der Waals surface area contributed by atoms with Crippen LogP contribution in [0.2, 0.25) is 5.02 Å². The summed E-state index contributed by atoms with van der Waals surface area (Å²) in [5.41, 5.74) is 3.56. The van der Waals surface area contributed by atoms with Crippen molar-refractivity contribution < 1.29 is 13.9 Å². The van der Waals surface area contributed by atoms with Crippen LogP contribution in [-0.2, 0) is 11.2 Å². The van der Waals surface area contributed by atoms with Crippen molar-refractivity contribution in [3.63, 3.8) is 0 Å². The second-order valence-corrected chi connectivity index (χ2v) is 8.50. The number of allylic oxidation sites excluding steroid dienone is 4. The summed E-state index contributed by atoms with van der Waals surface area (Å²) < 4.78 is 19.7. The number of nitrogens with zero attached hydrogens (tertiary/aromatic N) is 2. The summed E-state index contributed by atoms with van der Waals surface area (Å²) in [6, 6.07) is 5.44. The number of H-pyrrole nitrogens is 1. The zero-order valence-corrected chi connectivity index (χ0v) is 19.5. The number of hydrogen-bond donors (Lipinski definition) is 1. The molecule has 1 unspecified atom stereocenters. The summed E-state index contributed by atoms with van der Waals surface area (Å²) in [6.07, 6.45) is 5.28. The van der Waals surface area contributed by atoms with Crippen LogP contribution in [0.15, 0.2) is 65.0 Å². The minimum atomic E-state index is -0.553. The van der Waals surface area contributed by atoms with Crippen LogP contribution in [0.5, 0.6) is 5.75 Å². The summed E-state index contributed by atoms with van der Waals surface area (Å²) in [4.78, 5) is 18.0. The molecule has 1 aromatic heterocycles. The summed E-state index contributed by atoms with van der Waals surface area (Å²) in [6.45, 7) is 12.0. The summed E-state index contributed by atoms with van der Waals surface area (Å²) in [5, 5.41) is 6.56. The van der Waals surface area contributed by atoms with E-state index in [0.717, 1.165) is 16.9 Å². The largest absolute Gasteiger partial charge is 0.493 e. The van der Waals surface area contributed by atoms with Gasteiger partial charge in [0, 0.05) is 22.4 Å². The highest BCUT2D eigenvalue weighted by molar-refractivity contribution is 6.30. The predicted molar refractivity (Wildman–Crippen MR) is 126 cm³/mol. The van der Waals surface area contributed by atoms with Crippen molar-refractivity contribution in [2.24, 2.45) is 16.8 Å². The molecule has 168 valence electrons. The van der Waals surface area contributed by atoms with Crippen molar-refractivity contribution in [3.8, 4) is 5.75 Å². The number of aromatic nitrogens is 2. The molecule has 0 radical (unpaired) electrons. The van der Waals surface area contributed by atoms with Gasteiger partial charge in [-0.3, -0.25) is 14.9 Å². The molecule has 32 heavy (non-hydrogen) atoms. The molecule has 7 heteroatoms. The molecule has 1 aromatic carbocycles. The maximum Gasteiger partial charge on any atom is 0.217 e. The van der Waals surface area contributed by atoms with Gasteiger partial charge in [0.1, 0.15) is 5.75 Å². The number of carbonyl (C=O) groups is 1. The van der Waals surface area contributed by atoms with Crippen LogP contribution in [0.4, 0.5) is 4.39 Å². The fraction of sp³-hybridized carbons (Fsp3) is 0.320. The lowest BCUT2D eigenvalue weighted by Gasteiger charge is -2.26. The zero-order chi connectivity index (χ0) is 23.4. The molecule has 1 N–H and O–H groups in total. The van der Waals surface area contributed by atoms with E-state index >= 15 is 0 Å². The molecule has 3 rings (SSSR count). The lowest BCUT2D eigenvalue weighted by Crippen LogP contribution is -2.30. The van der Waals surface area contributed by atoms with Gasteiger partial charge in [-0.1, -0.05) is 38.1 Å². The van der Waals surface area contributed by atoms with Crippen LogP contribution in [0.3, 0.4) is 0 Å². The molecule has 1 aliphatic rings. The van der Waals surface area contributed by atoms with E-state index in [-0.39, 0.29) is 29.8 Å². The molecule has 1 aliphatic heterocycles. The van der Waals surface area contributed by atoms with Crippen molar-refractivity contribution in [1.82, 2.24) is 10.2 Å². The third-order valence-electron chi connectivity index (χ3n) is 5.56. The highest BCUT2D eigenvalue weighted by atomic mass is 35.5. The number of ketones is 1. The number of nitrogens with one attached hydrogen (secondary N) is 1. The molecule has 5 nitrogen and oxygen atoms in total. The third-order valence-corrected chi connectivity index (χ3v) is 5.79. The maximum atomic E-state index is 13.8. The number of ether oxygens (including phenoxy) is 1. The topological polar surface area (TPSA) is 67.3 Å². The van der Waals surface area contributed by atoms with Crippen molar-refractivity contribution in [2.75, 3.05) is 6.61 Å². The number of fused-ring (bicyclic) bond motifs is 1. The Balaban J connectivity index is 1.93. The molecule has 2 aromatic rings. The van der Waals surface area contributed by atoms with E-state index in [1.807, 2.05) is 32.9 Å². The van der Waals surface area contributed by atoms with Gasteiger partial charge in [-0.25, -0.2) is 0 Å². The lowest BCUT2D eigenvalue weighted by molar-refractivity contribution is -0.120. The first-order valence-corrected chi connectivity index (χ1v) is 10.9. The van der Waals surface area contributed by atoms with Crippen molar-refractivity contribution in [3.05, 3.63) is 82.1 Å². The summed E-state index contributed by atoms with van der Waals surface area (Å²) in [7, 11) is 0. The first-order valence-electron chi connectivity index (χ1n) is 10.5. The Labute approximate surface area is 192 Å². The Morgan fingerprint density at radius 3 is 2.78 bits per heavy atom. The number of aromatic amines is 1. The number of hydrogen-bond acceptors (Lipinski definition) is 4. The van der Waals surface area contributed by atoms with Gasteiger partial charge < -0.3 is 4.74 Å². The minimum absolute atomic E-state index is 0.0477. The Morgan fingerprint density at radius 2 is 2.16 bits per heavy atom. The first-order chi connectivity index (χ1) is 15.2. The van der Waals surface area contributed by atoms with Gasteiger partial charge in [0.15, 0.2) is 5.78 Å². The number of benzene rings is 1. The number of carbonyl (C=O) groups excluding carboxylic acids is 1. The molecule has 0 saturated carbocycles. The number of Topliss-reactive ketones (excluding diaryl/α,β-unsaturated/α-hetero) is 1. The van der Waals surface area contributed by atoms with Crippen LogP contribution in [0.25, 0.3) is 0 Å². The third kappa shape index (κ3) is 5.07. The zero-order valence-electron chi connectivity index (χ0n) is 18.7. The van der Waals surface area contributed by atoms with Gasteiger partial charge in [-0.05, 0) is 55.5 Å². The standard InChI is InChI=1S/C25H27ClFN3O2/c1-6-20(24(31)18-9-17-10-19(26)7-8-23(17)32-13-18)21(15(4)14(2)3)11-28-16(5)22-12-29-30-25(22)27/h6-8,10-12,14,18H,4,9,13H2,1-3,5H3,(H,29,30)/b20-6+,21-11+,28-16?. The Hall–Kier alpha value is -2.99. The monoisotopic (exact) mass is 455 g/mol. The van der Waals surface area contributed by atoms with Crippen molar-refractivity contribution in [1.29, 1.82) is 0 Å². The second-order valence-electron chi connectivity index (χ2n) is 8.07. The lowest BCUT2D eigenvalue weighted by atomic mass is 9.83. The van der Waals surface area contributed by atoms with Gasteiger partial charge in [0.2, 0.25) is 5.95 Å².